The number of hydrogen-bond acceptors (Lipinski definition) is 1. The van der Waals surface area contributed by atoms with E-state index in [1.165, 1.54) is 6.92 Å². The molecule has 0 rings (SSSR count). The Bertz CT molecular complexity index is 267. The number of rotatable bonds is 5. The molecule has 0 aromatic heterocycles. The quantitative estimate of drug-likeness (QED) is 0.310. The minimum absolute atomic E-state index is 0.0943. The summed E-state index contributed by atoms with van der Waals surface area (Å²) >= 11 is 7.36. The van der Waals surface area contributed by atoms with Crippen LogP contribution >= 0.6 is 45.9 Å². The monoisotopic (exact) mass is 474 g/mol. The predicted molar refractivity (Wildman–Crippen MR) is 63.6 cm³/mol. The molecule has 1 nitrogen and oxygen atoms in total. The Morgan fingerprint density at radius 3 is 1.65 bits per heavy atom. The van der Waals surface area contributed by atoms with Crippen LogP contribution < -0.4 is 0 Å². The third-order valence-electron chi connectivity index (χ3n) is 1.63. The van der Waals surface area contributed by atoms with Gasteiger partial charge in [0.25, 0.3) is 5.48 Å². The fourth-order valence-electron chi connectivity index (χ4n) is 0.775. The first kappa shape index (κ1) is 18.2. The van der Waals surface area contributed by atoms with Gasteiger partial charge in [-0.2, -0.15) is 22.0 Å². The van der Waals surface area contributed by atoms with Crippen LogP contribution in [0, 0.1) is 0 Å². The van der Waals surface area contributed by atoms with E-state index in [0.29, 0.717) is 0 Å². The van der Waals surface area contributed by atoms with Crippen LogP contribution in [0.2, 0.25) is 0 Å². The molecule has 0 aromatic rings. The first-order valence-electron chi connectivity index (χ1n) is 4.15. The standard InChI is InChI=1S/C6H7Br3F6OSi/c1-2-3-16-6(15,17(7,8)9)4(10,11)5(12,13)14/h2-3H2,1H3. The normalized spacial score (nSPS) is 18.0. The van der Waals surface area contributed by atoms with Crippen molar-refractivity contribution in [2.75, 3.05) is 6.61 Å². The summed E-state index contributed by atoms with van der Waals surface area (Å²) in [7, 11) is 0. The van der Waals surface area contributed by atoms with Gasteiger partial charge in [-0.05, 0) is 6.42 Å². The van der Waals surface area contributed by atoms with Gasteiger partial charge in [-0.25, -0.2) is 4.39 Å². The largest absolute Gasteiger partial charge is 0.459 e. The molecule has 0 saturated carbocycles. The lowest BCUT2D eigenvalue weighted by Crippen LogP contribution is -2.64. The highest BCUT2D eigenvalue weighted by molar-refractivity contribution is 9.72. The summed E-state index contributed by atoms with van der Waals surface area (Å²) < 4.78 is 76.8. The second-order valence-electron chi connectivity index (χ2n) is 3.01. The molecule has 1 atom stereocenters. The molecule has 0 heterocycles. The maximum absolute atomic E-state index is 14.0. The van der Waals surface area contributed by atoms with Gasteiger partial charge < -0.3 is 4.74 Å². The van der Waals surface area contributed by atoms with E-state index in [2.05, 4.69) is 50.6 Å². The Morgan fingerprint density at radius 1 is 1.00 bits per heavy atom. The molecular weight excluding hydrogens is 470 g/mol. The van der Waals surface area contributed by atoms with Gasteiger partial charge in [-0.1, -0.05) is 52.8 Å². The summed E-state index contributed by atoms with van der Waals surface area (Å²) in [4.78, 5) is 0. The summed E-state index contributed by atoms with van der Waals surface area (Å²) in [6, 6.07) is 0. The Kier molecular flexibility index (Phi) is 6.07. The van der Waals surface area contributed by atoms with Crippen LogP contribution in [0.1, 0.15) is 13.3 Å². The van der Waals surface area contributed by atoms with Gasteiger partial charge in [0.05, 0.1) is 6.61 Å². The summed E-state index contributed by atoms with van der Waals surface area (Å²) in [5.74, 6) is -5.64. The highest BCUT2D eigenvalue weighted by Gasteiger charge is 2.79. The van der Waals surface area contributed by atoms with Gasteiger partial charge in [0.2, 0.25) is 0 Å². The Labute approximate surface area is 118 Å². The van der Waals surface area contributed by atoms with Gasteiger partial charge in [0.15, 0.2) is 0 Å². The average molecular weight is 477 g/mol. The van der Waals surface area contributed by atoms with Crippen LogP contribution in [0.3, 0.4) is 0 Å². The molecule has 0 radical (unpaired) electrons. The zero-order valence-corrected chi connectivity index (χ0v) is 14.0. The van der Waals surface area contributed by atoms with Gasteiger partial charge >= 0.3 is 16.0 Å². The van der Waals surface area contributed by atoms with Crippen molar-refractivity contribution in [1.82, 2.24) is 0 Å². The van der Waals surface area contributed by atoms with Gasteiger partial charge in [0.1, 0.15) is 0 Å². The third-order valence-corrected chi connectivity index (χ3v) is 7.41. The summed E-state index contributed by atoms with van der Waals surface area (Å²) in [5.41, 5.74) is -4.20. The maximum atomic E-state index is 14.0. The van der Waals surface area contributed by atoms with Crippen molar-refractivity contribution < 1.29 is 31.1 Å². The molecule has 11 heteroatoms. The van der Waals surface area contributed by atoms with Crippen molar-refractivity contribution in [3.63, 3.8) is 0 Å². The van der Waals surface area contributed by atoms with E-state index in [1.54, 1.807) is 0 Å². The predicted octanol–water partition coefficient (Wildman–Crippen LogP) is 4.94. The molecular formula is C6H7Br3F6OSi. The summed E-state index contributed by atoms with van der Waals surface area (Å²) in [6.07, 6.45) is -5.96. The molecule has 0 bridgehead atoms. The highest BCUT2D eigenvalue weighted by atomic mass is 80.0. The second-order valence-corrected chi connectivity index (χ2v) is 24.9. The smallest absolute Gasteiger partial charge is 0.342 e. The molecule has 0 spiro atoms. The minimum Gasteiger partial charge on any atom is -0.342 e. The average Bonchev–Trinajstić information content (AvgIpc) is 2.10. The molecule has 17 heavy (non-hydrogen) atoms. The van der Waals surface area contributed by atoms with Crippen LogP contribution in [0.25, 0.3) is 0 Å². The molecule has 0 aliphatic carbocycles. The van der Waals surface area contributed by atoms with Crippen molar-refractivity contribution in [2.45, 2.75) is 30.9 Å². The third kappa shape index (κ3) is 3.60. The molecule has 104 valence electrons. The van der Waals surface area contributed by atoms with E-state index in [9.17, 15) is 26.3 Å². The topological polar surface area (TPSA) is 9.23 Å². The number of hydrogen-bond donors (Lipinski definition) is 0. The second kappa shape index (κ2) is 5.67. The van der Waals surface area contributed by atoms with Crippen LogP contribution in [0.15, 0.2) is 0 Å². The van der Waals surface area contributed by atoms with Crippen molar-refractivity contribution in [3.8, 4) is 0 Å². The lowest BCUT2D eigenvalue weighted by Gasteiger charge is -2.38. The van der Waals surface area contributed by atoms with E-state index >= 15 is 0 Å². The maximum Gasteiger partial charge on any atom is 0.459 e. The first-order chi connectivity index (χ1) is 7.31. The first-order valence-corrected chi connectivity index (χ1v) is 12.9. The molecule has 0 aromatic carbocycles. The van der Waals surface area contributed by atoms with Crippen molar-refractivity contribution in [2.24, 2.45) is 0 Å². The fraction of sp³-hybridized carbons (Fsp3) is 1.00. The van der Waals surface area contributed by atoms with E-state index < -0.39 is 28.1 Å². The van der Waals surface area contributed by atoms with E-state index in [-0.39, 0.29) is 6.42 Å². The number of alkyl halides is 6. The Morgan fingerprint density at radius 2 is 1.41 bits per heavy atom. The molecule has 0 fully saturated rings. The summed E-state index contributed by atoms with van der Waals surface area (Å²) in [6.45, 7) is 0.881. The van der Waals surface area contributed by atoms with Crippen molar-refractivity contribution in [1.29, 1.82) is 0 Å². The molecule has 0 amide bonds. The molecule has 0 saturated heterocycles. The van der Waals surface area contributed by atoms with Gasteiger partial charge in [-0.3, -0.25) is 0 Å². The van der Waals surface area contributed by atoms with Crippen LogP contribution in [0.5, 0.6) is 0 Å². The van der Waals surface area contributed by atoms with Crippen LogP contribution in [-0.2, 0) is 4.74 Å². The van der Waals surface area contributed by atoms with Gasteiger partial charge in [0, 0.05) is 0 Å². The van der Waals surface area contributed by atoms with Crippen molar-refractivity contribution >= 4 is 49.8 Å². The van der Waals surface area contributed by atoms with Crippen LogP contribution in [-0.4, -0.2) is 28.1 Å². The minimum atomic E-state index is -6.05. The van der Waals surface area contributed by atoms with E-state index in [0.717, 1.165) is 0 Å². The Hall–Kier alpha value is 1.20. The molecule has 1 unspecified atom stereocenters. The van der Waals surface area contributed by atoms with Crippen molar-refractivity contribution in [3.05, 3.63) is 0 Å². The van der Waals surface area contributed by atoms with E-state index in [4.69, 9.17) is 0 Å². The van der Waals surface area contributed by atoms with Gasteiger partial charge in [-0.15, -0.1) is 0 Å². The lowest BCUT2D eigenvalue weighted by atomic mass is 10.3. The zero-order valence-electron chi connectivity index (χ0n) is 8.22. The summed E-state index contributed by atoms with van der Waals surface area (Å²) in [5, 5.41) is 0. The zero-order chi connectivity index (χ0) is 14.1. The SMILES string of the molecule is CCCOC(F)(C(F)(F)C(F)(F)F)[Si](Br)(Br)Br. The number of halogens is 9. The fourth-order valence-corrected chi connectivity index (χ4v) is 4.81. The highest BCUT2D eigenvalue weighted by Crippen LogP contribution is 2.55. The molecule has 0 aliphatic rings. The van der Waals surface area contributed by atoms with Crippen LogP contribution in [0.4, 0.5) is 26.3 Å². The molecule has 0 aliphatic heterocycles. The number of ether oxygens (including phenoxy) is 1. The molecule has 0 N–H and O–H groups in total. The van der Waals surface area contributed by atoms with E-state index in [1.807, 2.05) is 0 Å². The Balaban J connectivity index is 5.48. The lowest BCUT2D eigenvalue weighted by molar-refractivity contribution is -0.357.